The molecule has 32 heavy (non-hydrogen) atoms. The molecule has 0 radical (unpaired) electrons. The Bertz CT molecular complexity index is 1030. The molecule has 2 aromatic carbocycles. The second-order valence-corrected chi connectivity index (χ2v) is 8.31. The molecular formula is C26H31FN4O. The van der Waals surface area contributed by atoms with Crippen molar-refractivity contribution in [2.24, 2.45) is 5.92 Å². The van der Waals surface area contributed by atoms with Gasteiger partial charge in [0.2, 0.25) is 5.91 Å². The molecule has 2 unspecified atom stereocenters. The van der Waals surface area contributed by atoms with Crippen LogP contribution in [0.5, 0.6) is 0 Å². The fourth-order valence-corrected chi connectivity index (χ4v) is 3.61. The van der Waals surface area contributed by atoms with Gasteiger partial charge in [-0.25, -0.2) is 9.37 Å². The average Bonchev–Trinajstić information content (AvgIpc) is 3.23. The van der Waals surface area contributed by atoms with Crippen molar-refractivity contribution >= 4 is 11.7 Å². The van der Waals surface area contributed by atoms with E-state index < -0.39 is 0 Å². The number of likely N-dealkylation sites (N-methyl/N-ethyl adjacent to an activating group) is 1. The Labute approximate surface area is 189 Å². The third-order valence-corrected chi connectivity index (χ3v) is 5.62. The predicted molar refractivity (Wildman–Crippen MR) is 127 cm³/mol. The largest absolute Gasteiger partial charge is 0.379 e. The minimum absolute atomic E-state index is 0.0481. The first kappa shape index (κ1) is 23.3. The van der Waals surface area contributed by atoms with E-state index >= 15 is 0 Å². The van der Waals surface area contributed by atoms with E-state index in [2.05, 4.69) is 29.0 Å². The lowest BCUT2D eigenvalue weighted by molar-refractivity contribution is -0.119. The third kappa shape index (κ3) is 6.06. The molecule has 1 aromatic heterocycles. The summed E-state index contributed by atoms with van der Waals surface area (Å²) in [6.07, 6.45) is 6.16. The highest BCUT2D eigenvalue weighted by molar-refractivity contribution is 5.91. The zero-order chi connectivity index (χ0) is 23.1. The number of hydrogen-bond donors (Lipinski definition) is 1. The summed E-state index contributed by atoms with van der Waals surface area (Å²) in [4.78, 5) is 18.9. The van der Waals surface area contributed by atoms with Crippen molar-refractivity contribution in [3.63, 3.8) is 0 Å². The fraction of sp³-hybridized carbons (Fsp3) is 0.308. The SMILES string of the molecule is C=C(C(c1ccc(F)cc1)n1cnc(NC(=O)C(C)CCCc2ccccc2)c1)N(C)C. The maximum Gasteiger partial charge on any atom is 0.228 e. The number of rotatable bonds is 10. The van der Waals surface area contributed by atoms with Crippen LogP contribution < -0.4 is 5.32 Å². The molecule has 3 aromatic rings. The molecule has 0 saturated heterocycles. The average molecular weight is 435 g/mol. The number of amides is 1. The highest BCUT2D eigenvalue weighted by atomic mass is 19.1. The van der Waals surface area contributed by atoms with Crippen molar-refractivity contribution in [1.82, 2.24) is 14.5 Å². The van der Waals surface area contributed by atoms with E-state index in [4.69, 9.17) is 0 Å². The first-order valence-corrected chi connectivity index (χ1v) is 10.8. The van der Waals surface area contributed by atoms with Crippen molar-refractivity contribution < 1.29 is 9.18 Å². The Morgan fingerprint density at radius 2 is 1.84 bits per heavy atom. The van der Waals surface area contributed by atoms with Gasteiger partial charge in [0, 0.05) is 31.9 Å². The van der Waals surface area contributed by atoms with Crippen LogP contribution in [0, 0.1) is 11.7 Å². The molecule has 0 saturated carbocycles. The van der Waals surface area contributed by atoms with Crippen molar-refractivity contribution in [1.29, 1.82) is 0 Å². The van der Waals surface area contributed by atoms with Gasteiger partial charge < -0.3 is 14.8 Å². The summed E-state index contributed by atoms with van der Waals surface area (Å²) in [5.41, 5.74) is 2.99. The number of nitrogens with zero attached hydrogens (tertiary/aromatic N) is 3. The number of allylic oxidation sites excluding steroid dienone is 1. The predicted octanol–water partition coefficient (Wildman–Crippen LogP) is 5.28. The molecule has 0 spiro atoms. The molecule has 0 fully saturated rings. The molecule has 6 heteroatoms. The second kappa shape index (κ2) is 10.8. The minimum Gasteiger partial charge on any atom is -0.379 e. The molecule has 1 heterocycles. The van der Waals surface area contributed by atoms with E-state index in [0.717, 1.165) is 30.5 Å². The standard InChI is InChI=1S/C26H31FN4O/c1-19(9-8-12-21-10-6-5-7-11-21)26(32)29-24-17-31(18-28-24)25(20(2)30(3)4)22-13-15-23(27)16-14-22/h5-7,10-11,13-19,25H,2,8-9,12H2,1,3-4H3,(H,29,32). The van der Waals surface area contributed by atoms with Crippen LogP contribution in [0.4, 0.5) is 10.2 Å². The Morgan fingerprint density at radius 1 is 1.16 bits per heavy atom. The van der Waals surface area contributed by atoms with E-state index in [1.54, 1.807) is 24.7 Å². The van der Waals surface area contributed by atoms with Gasteiger partial charge in [-0.2, -0.15) is 0 Å². The molecule has 0 bridgehead atoms. The summed E-state index contributed by atoms with van der Waals surface area (Å²) in [6, 6.07) is 16.4. The first-order valence-electron chi connectivity index (χ1n) is 10.8. The number of aromatic nitrogens is 2. The van der Waals surface area contributed by atoms with E-state index in [1.807, 2.05) is 48.7 Å². The molecule has 3 rings (SSSR count). The molecule has 2 atom stereocenters. The molecule has 1 N–H and O–H groups in total. The van der Waals surface area contributed by atoms with Crippen molar-refractivity contribution in [3.8, 4) is 0 Å². The summed E-state index contributed by atoms with van der Waals surface area (Å²) < 4.78 is 15.3. The van der Waals surface area contributed by atoms with Gasteiger partial charge in [-0.3, -0.25) is 4.79 Å². The van der Waals surface area contributed by atoms with Gasteiger partial charge in [0.15, 0.2) is 5.82 Å². The van der Waals surface area contributed by atoms with Gasteiger partial charge >= 0.3 is 0 Å². The Kier molecular flexibility index (Phi) is 7.82. The molecule has 5 nitrogen and oxygen atoms in total. The van der Waals surface area contributed by atoms with Crippen molar-refractivity contribution in [2.75, 3.05) is 19.4 Å². The molecular weight excluding hydrogens is 403 g/mol. The summed E-state index contributed by atoms with van der Waals surface area (Å²) in [7, 11) is 3.82. The summed E-state index contributed by atoms with van der Waals surface area (Å²) in [6.45, 7) is 6.12. The molecule has 1 amide bonds. The molecule has 0 aliphatic rings. The maximum atomic E-state index is 13.4. The second-order valence-electron chi connectivity index (χ2n) is 8.31. The lowest BCUT2D eigenvalue weighted by Crippen LogP contribution is -2.22. The number of carbonyl (C=O) groups excluding carboxylic acids is 1. The van der Waals surface area contributed by atoms with E-state index in [1.165, 1.54) is 17.7 Å². The minimum atomic E-state index is -0.289. The summed E-state index contributed by atoms with van der Waals surface area (Å²) >= 11 is 0. The van der Waals surface area contributed by atoms with Crippen LogP contribution in [0.3, 0.4) is 0 Å². The van der Waals surface area contributed by atoms with E-state index in [-0.39, 0.29) is 23.7 Å². The Balaban J connectivity index is 1.64. The van der Waals surface area contributed by atoms with Crippen LogP contribution in [0.1, 0.15) is 36.9 Å². The van der Waals surface area contributed by atoms with Crippen LogP contribution >= 0.6 is 0 Å². The summed E-state index contributed by atoms with van der Waals surface area (Å²) in [5, 5.41) is 2.92. The third-order valence-electron chi connectivity index (χ3n) is 5.62. The van der Waals surface area contributed by atoms with E-state index in [9.17, 15) is 9.18 Å². The first-order chi connectivity index (χ1) is 15.3. The number of halogens is 1. The zero-order valence-electron chi connectivity index (χ0n) is 19.0. The van der Waals surface area contributed by atoms with E-state index in [0.29, 0.717) is 5.82 Å². The van der Waals surface area contributed by atoms with Gasteiger partial charge in [-0.15, -0.1) is 0 Å². The van der Waals surface area contributed by atoms with Crippen molar-refractivity contribution in [3.05, 3.63) is 96.3 Å². The number of hydrogen-bond acceptors (Lipinski definition) is 3. The number of imidazole rings is 1. The van der Waals surface area contributed by atoms with Gasteiger partial charge in [-0.1, -0.05) is 56.0 Å². The molecule has 0 aliphatic heterocycles. The highest BCUT2D eigenvalue weighted by Crippen LogP contribution is 2.28. The van der Waals surface area contributed by atoms with Crippen LogP contribution in [0.2, 0.25) is 0 Å². The topological polar surface area (TPSA) is 50.2 Å². The lowest BCUT2D eigenvalue weighted by Gasteiger charge is -2.26. The Hall–Kier alpha value is -3.41. The number of carbonyl (C=O) groups is 1. The summed E-state index contributed by atoms with van der Waals surface area (Å²) in [5.74, 6) is 0.0351. The smallest absolute Gasteiger partial charge is 0.228 e. The van der Waals surface area contributed by atoms with Crippen molar-refractivity contribution in [2.45, 2.75) is 32.2 Å². The van der Waals surface area contributed by atoms with Gasteiger partial charge in [-0.05, 0) is 42.5 Å². The maximum absolute atomic E-state index is 13.4. The molecule has 0 aliphatic carbocycles. The van der Waals surface area contributed by atoms with Gasteiger partial charge in [0.05, 0.1) is 12.4 Å². The van der Waals surface area contributed by atoms with Crippen LogP contribution in [-0.2, 0) is 11.2 Å². The quantitative estimate of drug-likeness (QED) is 0.472. The normalized spacial score (nSPS) is 12.8. The Morgan fingerprint density at radius 3 is 2.50 bits per heavy atom. The van der Waals surface area contributed by atoms with Gasteiger partial charge in [0.1, 0.15) is 5.82 Å². The lowest BCUT2D eigenvalue weighted by atomic mass is 10.0. The van der Waals surface area contributed by atoms with Crippen LogP contribution in [-0.4, -0.2) is 34.5 Å². The van der Waals surface area contributed by atoms with Crippen LogP contribution in [0.15, 0.2) is 79.4 Å². The number of benzene rings is 2. The number of nitrogens with one attached hydrogen (secondary N) is 1. The molecule has 168 valence electrons. The monoisotopic (exact) mass is 434 g/mol. The number of anilines is 1. The zero-order valence-corrected chi connectivity index (χ0v) is 19.0. The van der Waals surface area contributed by atoms with Crippen LogP contribution in [0.25, 0.3) is 0 Å². The van der Waals surface area contributed by atoms with Gasteiger partial charge in [0.25, 0.3) is 0 Å². The fourth-order valence-electron chi connectivity index (χ4n) is 3.61. The number of aryl methyl sites for hydroxylation is 1. The highest BCUT2D eigenvalue weighted by Gasteiger charge is 2.21.